The van der Waals surface area contributed by atoms with E-state index >= 15 is 0 Å². The van der Waals surface area contributed by atoms with Crippen LogP contribution in [0.4, 0.5) is 0 Å². The molecule has 19 heavy (non-hydrogen) atoms. The zero-order valence-electron chi connectivity index (χ0n) is 11.7. The molecular formula is C13H20BrNO3S. The maximum absolute atomic E-state index is 12.6. The van der Waals surface area contributed by atoms with Gasteiger partial charge in [-0.2, -0.15) is 4.31 Å². The van der Waals surface area contributed by atoms with Crippen LogP contribution in [0, 0.1) is 0 Å². The van der Waals surface area contributed by atoms with Crippen molar-refractivity contribution in [2.75, 3.05) is 13.7 Å². The van der Waals surface area contributed by atoms with E-state index in [1.165, 1.54) is 4.31 Å². The Hall–Kier alpha value is -0.590. The van der Waals surface area contributed by atoms with Gasteiger partial charge in [0.25, 0.3) is 0 Å². The highest BCUT2D eigenvalue weighted by atomic mass is 79.9. The molecule has 0 aromatic heterocycles. The fourth-order valence-electron chi connectivity index (χ4n) is 1.87. The minimum atomic E-state index is -3.46. The largest absolute Gasteiger partial charge is 0.496 e. The van der Waals surface area contributed by atoms with Gasteiger partial charge in [0.2, 0.25) is 10.0 Å². The molecule has 0 aliphatic heterocycles. The minimum absolute atomic E-state index is 0.0177. The molecular weight excluding hydrogens is 330 g/mol. The number of hydrogen-bond donors (Lipinski definition) is 0. The summed E-state index contributed by atoms with van der Waals surface area (Å²) in [4.78, 5) is 0.280. The maximum atomic E-state index is 12.6. The lowest BCUT2D eigenvalue weighted by Crippen LogP contribution is -2.38. The van der Waals surface area contributed by atoms with Crippen molar-refractivity contribution in [1.82, 2.24) is 4.31 Å². The van der Waals surface area contributed by atoms with E-state index in [9.17, 15) is 8.42 Å². The lowest BCUT2D eigenvalue weighted by atomic mass is 10.3. The Kier molecular flexibility index (Phi) is 5.82. The van der Waals surface area contributed by atoms with Gasteiger partial charge in [-0.05, 0) is 47.5 Å². The second-order valence-corrected chi connectivity index (χ2v) is 7.01. The molecule has 0 aliphatic carbocycles. The molecule has 6 heteroatoms. The van der Waals surface area contributed by atoms with Gasteiger partial charge in [0.05, 0.1) is 16.5 Å². The standard InChI is InChI=1S/C13H20BrNO3S/c1-5-10(3)15(6-2)19(16,17)11-7-8-13(18-4)12(14)9-11/h7-10H,5-6H2,1-4H3. The highest BCUT2D eigenvalue weighted by Crippen LogP contribution is 2.29. The lowest BCUT2D eigenvalue weighted by Gasteiger charge is -2.26. The Morgan fingerprint density at radius 1 is 1.37 bits per heavy atom. The molecule has 0 heterocycles. The van der Waals surface area contributed by atoms with Gasteiger partial charge in [0.15, 0.2) is 0 Å². The van der Waals surface area contributed by atoms with E-state index < -0.39 is 10.0 Å². The first-order valence-corrected chi connectivity index (χ1v) is 8.47. The van der Waals surface area contributed by atoms with Crippen molar-refractivity contribution < 1.29 is 13.2 Å². The van der Waals surface area contributed by atoms with E-state index in [0.717, 1.165) is 6.42 Å². The first kappa shape index (κ1) is 16.5. The highest BCUT2D eigenvalue weighted by Gasteiger charge is 2.27. The maximum Gasteiger partial charge on any atom is 0.243 e. The van der Waals surface area contributed by atoms with Gasteiger partial charge in [0, 0.05) is 12.6 Å². The van der Waals surface area contributed by atoms with Crippen LogP contribution in [-0.2, 0) is 10.0 Å². The third-order valence-corrected chi connectivity index (χ3v) is 5.83. The molecule has 1 aromatic rings. The average Bonchev–Trinajstić information content (AvgIpc) is 2.38. The van der Waals surface area contributed by atoms with Crippen molar-refractivity contribution in [3.8, 4) is 5.75 Å². The molecule has 1 aromatic carbocycles. The quantitative estimate of drug-likeness (QED) is 0.791. The summed E-state index contributed by atoms with van der Waals surface area (Å²) in [6.45, 7) is 6.20. The second-order valence-electron chi connectivity index (χ2n) is 4.26. The molecule has 4 nitrogen and oxygen atoms in total. The third kappa shape index (κ3) is 3.49. The summed E-state index contributed by atoms with van der Waals surface area (Å²) in [5, 5.41) is 0. The number of methoxy groups -OCH3 is 1. The van der Waals surface area contributed by atoms with Gasteiger partial charge < -0.3 is 4.74 Å². The Labute approximate surface area is 123 Å². The molecule has 0 fully saturated rings. The highest BCUT2D eigenvalue weighted by molar-refractivity contribution is 9.10. The number of hydrogen-bond acceptors (Lipinski definition) is 3. The van der Waals surface area contributed by atoms with Crippen LogP contribution in [0.1, 0.15) is 27.2 Å². The summed E-state index contributed by atoms with van der Waals surface area (Å²) < 4.78 is 32.4. The van der Waals surface area contributed by atoms with Crippen LogP contribution in [0.15, 0.2) is 27.6 Å². The fraction of sp³-hybridized carbons (Fsp3) is 0.538. The van der Waals surface area contributed by atoms with Gasteiger partial charge >= 0.3 is 0 Å². The van der Waals surface area contributed by atoms with Gasteiger partial charge in [-0.15, -0.1) is 0 Å². The molecule has 1 unspecified atom stereocenters. The van der Waals surface area contributed by atoms with Gasteiger partial charge in [0.1, 0.15) is 5.75 Å². The number of halogens is 1. The monoisotopic (exact) mass is 349 g/mol. The van der Waals surface area contributed by atoms with Gasteiger partial charge in [-0.1, -0.05) is 13.8 Å². The Balaban J connectivity index is 3.22. The van der Waals surface area contributed by atoms with Crippen LogP contribution in [0.2, 0.25) is 0 Å². The van der Waals surface area contributed by atoms with E-state index in [1.54, 1.807) is 25.3 Å². The van der Waals surface area contributed by atoms with Crippen LogP contribution in [0.5, 0.6) is 5.75 Å². The summed E-state index contributed by atoms with van der Waals surface area (Å²) in [6.07, 6.45) is 0.782. The molecule has 0 amide bonds. The first-order valence-electron chi connectivity index (χ1n) is 6.23. The number of ether oxygens (including phenoxy) is 1. The molecule has 0 radical (unpaired) electrons. The number of benzene rings is 1. The summed E-state index contributed by atoms with van der Waals surface area (Å²) in [7, 11) is -1.91. The summed E-state index contributed by atoms with van der Waals surface area (Å²) in [5.74, 6) is 0.616. The van der Waals surface area contributed by atoms with Crippen molar-refractivity contribution in [3.63, 3.8) is 0 Å². The molecule has 0 spiro atoms. The zero-order valence-corrected chi connectivity index (χ0v) is 14.1. The predicted molar refractivity (Wildman–Crippen MR) is 80.0 cm³/mol. The van der Waals surface area contributed by atoms with Crippen molar-refractivity contribution in [1.29, 1.82) is 0 Å². The minimum Gasteiger partial charge on any atom is -0.496 e. The van der Waals surface area contributed by atoms with Crippen molar-refractivity contribution in [2.24, 2.45) is 0 Å². The molecule has 0 bridgehead atoms. The van der Waals surface area contributed by atoms with Crippen molar-refractivity contribution in [3.05, 3.63) is 22.7 Å². The molecule has 1 atom stereocenters. The Morgan fingerprint density at radius 3 is 2.42 bits per heavy atom. The number of sulfonamides is 1. The van der Waals surface area contributed by atoms with Crippen LogP contribution >= 0.6 is 15.9 Å². The van der Waals surface area contributed by atoms with Crippen molar-refractivity contribution >= 4 is 26.0 Å². The van der Waals surface area contributed by atoms with Gasteiger partial charge in [-0.25, -0.2) is 8.42 Å². The molecule has 0 aliphatic rings. The predicted octanol–water partition coefficient (Wildman–Crippen LogP) is 3.27. The second kappa shape index (κ2) is 6.72. The van der Waals surface area contributed by atoms with Gasteiger partial charge in [-0.3, -0.25) is 0 Å². The normalized spacial score (nSPS) is 13.6. The topological polar surface area (TPSA) is 46.6 Å². The average molecular weight is 350 g/mol. The number of nitrogens with zero attached hydrogens (tertiary/aromatic N) is 1. The molecule has 0 saturated heterocycles. The van der Waals surface area contributed by atoms with Crippen LogP contribution in [0.3, 0.4) is 0 Å². The van der Waals surface area contributed by atoms with Crippen LogP contribution < -0.4 is 4.74 Å². The summed E-state index contributed by atoms with van der Waals surface area (Å²) >= 11 is 3.32. The molecule has 108 valence electrons. The van der Waals surface area contributed by atoms with E-state index in [4.69, 9.17) is 4.74 Å². The number of rotatable bonds is 6. The van der Waals surface area contributed by atoms with E-state index in [1.807, 2.05) is 20.8 Å². The van der Waals surface area contributed by atoms with E-state index in [-0.39, 0.29) is 10.9 Å². The third-order valence-electron chi connectivity index (χ3n) is 3.12. The summed E-state index contributed by atoms with van der Waals surface area (Å²) in [5.41, 5.74) is 0. The van der Waals surface area contributed by atoms with Crippen LogP contribution in [-0.4, -0.2) is 32.4 Å². The van der Waals surface area contributed by atoms with E-state index in [0.29, 0.717) is 16.8 Å². The smallest absolute Gasteiger partial charge is 0.243 e. The molecule has 0 N–H and O–H groups in total. The van der Waals surface area contributed by atoms with Crippen molar-refractivity contribution in [2.45, 2.75) is 38.1 Å². The lowest BCUT2D eigenvalue weighted by molar-refractivity contribution is 0.342. The zero-order chi connectivity index (χ0) is 14.6. The Bertz CT molecular complexity index is 531. The Morgan fingerprint density at radius 2 is 2.00 bits per heavy atom. The molecule has 0 saturated carbocycles. The van der Waals surface area contributed by atoms with E-state index in [2.05, 4.69) is 15.9 Å². The molecule has 1 rings (SSSR count). The first-order chi connectivity index (χ1) is 8.88. The van der Waals surface area contributed by atoms with Crippen LogP contribution in [0.25, 0.3) is 0 Å². The summed E-state index contributed by atoms with van der Waals surface area (Å²) in [6, 6.07) is 4.79. The fourth-order valence-corrected chi connectivity index (χ4v) is 4.30. The SMILES string of the molecule is CCC(C)N(CC)S(=O)(=O)c1ccc(OC)c(Br)c1.